The minimum absolute atomic E-state index is 0.0869. The molecule has 0 spiro atoms. The van der Waals surface area contributed by atoms with Gasteiger partial charge in [0.15, 0.2) is 0 Å². The molecular weight excluding hydrogens is 272 g/mol. The van der Waals surface area contributed by atoms with E-state index in [0.29, 0.717) is 23.0 Å². The van der Waals surface area contributed by atoms with Gasteiger partial charge in [-0.15, -0.1) is 0 Å². The topological polar surface area (TPSA) is 37.3 Å². The molecule has 3 aliphatic carbocycles. The van der Waals surface area contributed by atoms with E-state index in [1.807, 2.05) is 0 Å². The molecule has 3 saturated carbocycles. The number of aliphatic hydroxyl groups is 1. The van der Waals surface area contributed by atoms with Crippen molar-refractivity contribution in [3.63, 3.8) is 0 Å². The van der Waals surface area contributed by atoms with Crippen LogP contribution in [-0.4, -0.2) is 17.0 Å². The van der Waals surface area contributed by atoms with Crippen LogP contribution in [0.4, 0.5) is 0 Å². The Bertz CT molecular complexity index is 445. The predicted molar refractivity (Wildman–Crippen MR) is 89.5 cm³/mol. The molecule has 7 atom stereocenters. The first-order valence-electron chi connectivity index (χ1n) is 9.52. The maximum absolute atomic E-state index is 11.9. The van der Waals surface area contributed by atoms with E-state index < -0.39 is 0 Å². The second kappa shape index (κ2) is 5.61. The smallest absolute Gasteiger partial charge is 0.133 e. The van der Waals surface area contributed by atoms with Crippen molar-refractivity contribution in [2.45, 2.75) is 85.2 Å². The number of carbonyl (C=O) groups is 1. The summed E-state index contributed by atoms with van der Waals surface area (Å²) in [7, 11) is 0. The molecule has 2 nitrogen and oxygen atoms in total. The number of fused-ring (bicyclic) bond motifs is 3. The van der Waals surface area contributed by atoms with Crippen LogP contribution in [0.5, 0.6) is 0 Å². The lowest BCUT2D eigenvalue weighted by molar-refractivity contribution is -0.149. The van der Waals surface area contributed by atoms with Gasteiger partial charge < -0.3 is 5.11 Å². The van der Waals surface area contributed by atoms with Crippen LogP contribution in [0.1, 0.15) is 79.1 Å². The SMILES string of the molecule is CC[C@H](O)[C@@]1(C)CC[C@H]2[C@@H](CC[C@H]3CC(=O)CC[C@@]32C)[C@@H]1C. The van der Waals surface area contributed by atoms with E-state index in [2.05, 4.69) is 27.7 Å². The van der Waals surface area contributed by atoms with Crippen LogP contribution in [0.2, 0.25) is 0 Å². The summed E-state index contributed by atoms with van der Waals surface area (Å²) in [5.41, 5.74) is 0.465. The van der Waals surface area contributed by atoms with Crippen molar-refractivity contribution in [2.24, 2.45) is 34.5 Å². The van der Waals surface area contributed by atoms with Crippen LogP contribution in [0.25, 0.3) is 0 Å². The summed E-state index contributed by atoms with van der Waals surface area (Å²) in [6, 6.07) is 0. The van der Waals surface area contributed by atoms with Gasteiger partial charge in [0.1, 0.15) is 5.78 Å². The molecule has 0 unspecified atom stereocenters. The van der Waals surface area contributed by atoms with E-state index in [4.69, 9.17) is 0 Å². The highest BCUT2D eigenvalue weighted by atomic mass is 16.3. The molecule has 0 heterocycles. The van der Waals surface area contributed by atoms with Crippen molar-refractivity contribution < 1.29 is 9.90 Å². The number of ketones is 1. The minimum Gasteiger partial charge on any atom is -0.393 e. The Labute approximate surface area is 136 Å². The summed E-state index contributed by atoms with van der Waals surface area (Å²) in [4.78, 5) is 11.9. The Kier molecular flexibility index (Phi) is 4.21. The van der Waals surface area contributed by atoms with Crippen LogP contribution in [0.3, 0.4) is 0 Å². The van der Waals surface area contributed by atoms with Crippen molar-refractivity contribution in [2.75, 3.05) is 0 Å². The van der Waals surface area contributed by atoms with Gasteiger partial charge in [-0.2, -0.15) is 0 Å². The van der Waals surface area contributed by atoms with Crippen molar-refractivity contribution in [3.8, 4) is 0 Å². The van der Waals surface area contributed by atoms with Crippen LogP contribution in [0, 0.1) is 34.5 Å². The molecule has 0 aromatic heterocycles. The van der Waals surface area contributed by atoms with E-state index in [1.54, 1.807) is 0 Å². The molecule has 0 bridgehead atoms. The fraction of sp³-hybridized carbons (Fsp3) is 0.950. The van der Waals surface area contributed by atoms with E-state index in [0.717, 1.165) is 43.9 Å². The van der Waals surface area contributed by atoms with Gasteiger partial charge in [-0.25, -0.2) is 0 Å². The molecule has 0 amide bonds. The Hall–Kier alpha value is -0.370. The summed E-state index contributed by atoms with van der Waals surface area (Å²) in [6.07, 6.45) is 8.36. The highest BCUT2D eigenvalue weighted by molar-refractivity contribution is 5.79. The van der Waals surface area contributed by atoms with E-state index in [-0.39, 0.29) is 11.5 Å². The summed E-state index contributed by atoms with van der Waals surface area (Å²) in [5.74, 6) is 3.23. The first kappa shape index (κ1) is 16.5. The lowest BCUT2D eigenvalue weighted by Crippen LogP contribution is -2.55. The fourth-order valence-electron chi connectivity index (χ4n) is 6.49. The number of hydrogen-bond acceptors (Lipinski definition) is 2. The lowest BCUT2D eigenvalue weighted by Gasteiger charge is -2.61. The number of rotatable bonds is 2. The monoisotopic (exact) mass is 306 g/mol. The molecule has 3 aliphatic rings. The third kappa shape index (κ3) is 2.28. The Morgan fingerprint density at radius 3 is 2.64 bits per heavy atom. The molecule has 0 aromatic carbocycles. The minimum atomic E-state index is -0.165. The molecule has 0 aromatic rings. The van der Waals surface area contributed by atoms with Crippen molar-refractivity contribution in [1.29, 1.82) is 0 Å². The van der Waals surface area contributed by atoms with E-state index >= 15 is 0 Å². The average molecular weight is 306 g/mol. The summed E-state index contributed by atoms with van der Waals surface area (Å²) < 4.78 is 0. The zero-order chi connectivity index (χ0) is 16.1. The molecule has 3 rings (SSSR count). The molecule has 22 heavy (non-hydrogen) atoms. The van der Waals surface area contributed by atoms with Crippen LogP contribution in [-0.2, 0) is 4.79 Å². The Balaban J connectivity index is 1.85. The van der Waals surface area contributed by atoms with Gasteiger partial charge in [0.25, 0.3) is 0 Å². The maximum atomic E-state index is 11.9. The standard InChI is InChI=1S/C20H34O2/c1-5-18(22)19(3)11-9-17-16(13(19)2)7-6-14-12-15(21)8-10-20(14,17)4/h13-14,16-18,22H,5-12H2,1-4H3/t13-,14-,16-,17-,18-,19-,20-/m0/s1. The van der Waals surface area contributed by atoms with Crippen LogP contribution in [0.15, 0.2) is 0 Å². The van der Waals surface area contributed by atoms with Crippen molar-refractivity contribution in [1.82, 2.24) is 0 Å². The third-order valence-electron chi connectivity index (χ3n) is 8.39. The predicted octanol–water partition coefficient (Wildman–Crippen LogP) is 4.60. The third-order valence-corrected chi connectivity index (χ3v) is 8.39. The van der Waals surface area contributed by atoms with Gasteiger partial charge in [0.2, 0.25) is 0 Å². The normalized spacial score (nSPS) is 50.1. The fourth-order valence-corrected chi connectivity index (χ4v) is 6.49. The number of hydrogen-bond donors (Lipinski definition) is 1. The highest BCUT2D eigenvalue weighted by Gasteiger charge is 2.56. The first-order chi connectivity index (χ1) is 10.3. The molecule has 0 saturated heterocycles. The molecule has 0 radical (unpaired) electrons. The molecular formula is C20H34O2. The van der Waals surface area contributed by atoms with Crippen LogP contribution >= 0.6 is 0 Å². The largest absolute Gasteiger partial charge is 0.393 e. The number of aliphatic hydroxyl groups excluding tert-OH is 1. The quantitative estimate of drug-likeness (QED) is 0.810. The number of carbonyl (C=O) groups excluding carboxylic acids is 1. The maximum Gasteiger partial charge on any atom is 0.133 e. The number of Topliss-reactive ketones (excluding diaryl/α,β-unsaturated/α-hetero) is 1. The van der Waals surface area contributed by atoms with Gasteiger partial charge in [0, 0.05) is 12.8 Å². The van der Waals surface area contributed by atoms with Gasteiger partial charge in [-0.1, -0.05) is 27.7 Å². The van der Waals surface area contributed by atoms with Gasteiger partial charge >= 0.3 is 0 Å². The second-order valence-electron chi connectivity index (χ2n) is 9.05. The van der Waals surface area contributed by atoms with E-state index in [1.165, 1.54) is 19.3 Å². The zero-order valence-corrected chi connectivity index (χ0v) is 14.9. The molecule has 1 N–H and O–H groups in total. The molecule has 0 aliphatic heterocycles. The summed E-state index contributed by atoms with van der Waals surface area (Å²) in [6.45, 7) is 9.31. The summed E-state index contributed by atoms with van der Waals surface area (Å²) >= 11 is 0. The molecule has 126 valence electrons. The second-order valence-corrected chi connectivity index (χ2v) is 9.05. The van der Waals surface area contributed by atoms with Gasteiger partial charge in [-0.05, 0) is 73.0 Å². The molecule has 3 fully saturated rings. The average Bonchev–Trinajstić information content (AvgIpc) is 2.50. The van der Waals surface area contributed by atoms with Gasteiger partial charge in [-0.3, -0.25) is 4.79 Å². The zero-order valence-electron chi connectivity index (χ0n) is 14.9. The Morgan fingerprint density at radius 1 is 1.23 bits per heavy atom. The Morgan fingerprint density at radius 2 is 1.95 bits per heavy atom. The van der Waals surface area contributed by atoms with Gasteiger partial charge in [0.05, 0.1) is 6.10 Å². The van der Waals surface area contributed by atoms with Crippen molar-refractivity contribution in [3.05, 3.63) is 0 Å². The van der Waals surface area contributed by atoms with E-state index in [9.17, 15) is 9.90 Å². The summed E-state index contributed by atoms with van der Waals surface area (Å²) in [5, 5.41) is 10.6. The molecule has 2 heteroatoms. The lowest BCUT2D eigenvalue weighted by atomic mass is 9.44. The first-order valence-corrected chi connectivity index (χ1v) is 9.52. The van der Waals surface area contributed by atoms with Crippen molar-refractivity contribution >= 4 is 5.78 Å². The van der Waals surface area contributed by atoms with Crippen LogP contribution < -0.4 is 0 Å². The highest BCUT2D eigenvalue weighted by Crippen LogP contribution is 2.63.